The lowest BCUT2D eigenvalue weighted by molar-refractivity contribution is -0.142. The van der Waals surface area contributed by atoms with E-state index >= 15 is 0 Å². The van der Waals surface area contributed by atoms with Gasteiger partial charge in [-0.1, -0.05) is 81.1 Å². The number of ether oxygens (including phenoxy) is 1. The number of carboxylic acids is 1. The highest BCUT2D eigenvalue weighted by Gasteiger charge is 2.33. The molecule has 4 rings (SSSR count). The molecule has 0 aliphatic heterocycles. The van der Waals surface area contributed by atoms with E-state index < -0.39 is 30.1 Å². The van der Waals surface area contributed by atoms with Crippen LogP contribution in [0.3, 0.4) is 0 Å². The summed E-state index contributed by atoms with van der Waals surface area (Å²) in [4.78, 5) is 37.1. The van der Waals surface area contributed by atoms with Crippen molar-refractivity contribution in [2.45, 2.75) is 63.5 Å². The van der Waals surface area contributed by atoms with Gasteiger partial charge in [-0.25, -0.2) is 9.59 Å². The summed E-state index contributed by atoms with van der Waals surface area (Å²) in [6.07, 6.45) is 3.73. The van der Waals surface area contributed by atoms with E-state index in [1.54, 1.807) is 0 Å². The minimum Gasteiger partial charge on any atom is -0.480 e. The molecule has 3 N–H and O–H groups in total. The third kappa shape index (κ3) is 5.58. The largest absolute Gasteiger partial charge is 0.480 e. The number of rotatable bonds is 11. The van der Waals surface area contributed by atoms with Crippen molar-refractivity contribution in [3.05, 3.63) is 59.7 Å². The van der Waals surface area contributed by atoms with Crippen LogP contribution in [0.4, 0.5) is 4.79 Å². The van der Waals surface area contributed by atoms with Gasteiger partial charge in [-0.2, -0.15) is 0 Å². The lowest BCUT2D eigenvalue weighted by Crippen LogP contribution is -2.51. The highest BCUT2D eigenvalue weighted by atomic mass is 16.5. The number of nitrogens with one attached hydrogen (secondary N) is 2. The Morgan fingerprint density at radius 1 is 0.971 bits per heavy atom. The van der Waals surface area contributed by atoms with Crippen molar-refractivity contribution in [1.29, 1.82) is 0 Å². The summed E-state index contributed by atoms with van der Waals surface area (Å²) in [7, 11) is 0. The van der Waals surface area contributed by atoms with Crippen molar-refractivity contribution in [2.75, 3.05) is 6.61 Å². The first-order valence-corrected chi connectivity index (χ1v) is 12.1. The number of benzene rings is 2. The van der Waals surface area contributed by atoms with E-state index in [1.807, 2.05) is 43.3 Å². The smallest absolute Gasteiger partial charge is 0.407 e. The number of fused-ring (bicyclic) bond motifs is 3. The Labute approximate surface area is 199 Å². The van der Waals surface area contributed by atoms with Crippen LogP contribution in [0.15, 0.2) is 48.5 Å². The number of alkyl carbamates (subject to hydrolysis) is 1. The summed E-state index contributed by atoms with van der Waals surface area (Å²) in [6, 6.07) is 14.4. The summed E-state index contributed by atoms with van der Waals surface area (Å²) in [6.45, 7) is 2.15. The second kappa shape index (κ2) is 10.7. The van der Waals surface area contributed by atoms with E-state index in [0.717, 1.165) is 47.9 Å². The van der Waals surface area contributed by atoms with E-state index in [4.69, 9.17) is 4.74 Å². The average Bonchev–Trinajstić information content (AvgIpc) is 3.60. The molecule has 1 fully saturated rings. The molecule has 180 valence electrons. The maximum atomic E-state index is 12.8. The molecular weight excluding hydrogens is 432 g/mol. The van der Waals surface area contributed by atoms with E-state index in [-0.39, 0.29) is 12.5 Å². The number of unbranched alkanes of at least 4 members (excludes halogenated alkanes) is 1. The molecule has 0 spiro atoms. The van der Waals surface area contributed by atoms with E-state index in [9.17, 15) is 19.5 Å². The zero-order chi connectivity index (χ0) is 24.1. The number of hydrogen-bond acceptors (Lipinski definition) is 4. The van der Waals surface area contributed by atoms with Gasteiger partial charge in [-0.15, -0.1) is 0 Å². The Balaban J connectivity index is 1.38. The topological polar surface area (TPSA) is 105 Å². The van der Waals surface area contributed by atoms with Gasteiger partial charge < -0.3 is 20.5 Å². The summed E-state index contributed by atoms with van der Waals surface area (Å²) in [5.74, 6) is -1.24. The molecule has 0 aromatic heterocycles. The molecule has 2 aromatic rings. The number of carboxylic acid groups (broad SMARTS) is 1. The number of aliphatic carboxylic acids is 1. The van der Waals surface area contributed by atoms with Gasteiger partial charge in [0.2, 0.25) is 5.91 Å². The highest BCUT2D eigenvalue weighted by molar-refractivity contribution is 5.89. The molecule has 7 heteroatoms. The van der Waals surface area contributed by atoms with Gasteiger partial charge in [0.1, 0.15) is 18.7 Å². The Morgan fingerprint density at radius 3 is 2.15 bits per heavy atom. The van der Waals surface area contributed by atoms with Gasteiger partial charge in [0, 0.05) is 5.92 Å². The lowest BCUT2D eigenvalue weighted by Gasteiger charge is -2.22. The molecule has 7 nitrogen and oxygen atoms in total. The number of carbonyl (C=O) groups is 3. The Kier molecular flexibility index (Phi) is 7.50. The van der Waals surface area contributed by atoms with Crippen LogP contribution in [0.5, 0.6) is 0 Å². The third-order valence-electron chi connectivity index (χ3n) is 6.68. The van der Waals surface area contributed by atoms with Gasteiger partial charge in [0.25, 0.3) is 0 Å². The molecule has 1 unspecified atom stereocenters. The molecule has 0 heterocycles. The van der Waals surface area contributed by atoms with Gasteiger partial charge in [-0.3, -0.25) is 4.79 Å². The molecule has 1 saturated carbocycles. The number of carbonyl (C=O) groups excluding carboxylic acids is 2. The van der Waals surface area contributed by atoms with Crippen LogP contribution >= 0.6 is 0 Å². The second-order valence-electron chi connectivity index (χ2n) is 9.24. The first kappa shape index (κ1) is 23.8. The summed E-state index contributed by atoms with van der Waals surface area (Å²) in [5, 5.41) is 14.8. The fourth-order valence-corrected chi connectivity index (χ4v) is 4.64. The average molecular weight is 465 g/mol. The first-order valence-electron chi connectivity index (χ1n) is 12.1. The Morgan fingerprint density at radius 2 is 1.59 bits per heavy atom. The van der Waals surface area contributed by atoms with Gasteiger partial charge in [0.15, 0.2) is 0 Å². The normalized spacial score (nSPS) is 16.1. The van der Waals surface area contributed by atoms with Crippen molar-refractivity contribution in [3.8, 4) is 11.1 Å². The molecule has 2 aliphatic rings. The molecule has 2 aromatic carbocycles. The monoisotopic (exact) mass is 464 g/mol. The Bertz CT molecular complexity index is 1000. The first-order chi connectivity index (χ1) is 16.5. The van der Waals surface area contributed by atoms with Gasteiger partial charge in [0.05, 0.1) is 0 Å². The molecule has 2 amide bonds. The molecule has 0 saturated heterocycles. The fraction of sp³-hybridized carbons (Fsp3) is 0.444. The third-order valence-corrected chi connectivity index (χ3v) is 6.68. The van der Waals surface area contributed by atoms with Crippen molar-refractivity contribution in [3.63, 3.8) is 0 Å². The highest BCUT2D eigenvalue weighted by Crippen LogP contribution is 2.44. The van der Waals surface area contributed by atoms with E-state index in [0.29, 0.717) is 18.8 Å². The van der Waals surface area contributed by atoms with E-state index in [1.165, 1.54) is 0 Å². The summed E-state index contributed by atoms with van der Waals surface area (Å²) >= 11 is 0. The van der Waals surface area contributed by atoms with Crippen LogP contribution < -0.4 is 10.6 Å². The van der Waals surface area contributed by atoms with Crippen LogP contribution in [0.1, 0.15) is 62.5 Å². The van der Waals surface area contributed by atoms with Crippen LogP contribution in [0.25, 0.3) is 11.1 Å². The molecule has 2 aliphatic carbocycles. The number of amides is 2. The number of hydrogen-bond donors (Lipinski definition) is 3. The zero-order valence-corrected chi connectivity index (χ0v) is 19.5. The SMILES string of the molecule is CCCCC(NC(=O)OCC1c2ccccc2-c2ccccc21)C(=O)N[C@@H](CC1CC1)C(=O)O. The van der Waals surface area contributed by atoms with Gasteiger partial charge in [-0.05, 0) is 41.0 Å². The zero-order valence-electron chi connectivity index (χ0n) is 19.5. The predicted molar refractivity (Wildman–Crippen MR) is 128 cm³/mol. The van der Waals surface area contributed by atoms with E-state index in [2.05, 4.69) is 22.8 Å². The standard InChI is InChI=1S/C27H32N2O5/c1-2-3-12-23(25(30)28-24(26(31)32)15-17-13-14-17)29-27(33)34-16-22-20-10-6-4-8-18(20)19-9-5-7-11-21(19)22/h4-11,17,22-24H,2-3,12-16H2,1H3,(H,28,30)(H,29,33)(H,31,32)/t23?,24-/m0/s1. The minimum atomic E-state index is -1.05. The molecule has 2 atom stereocenters. The van der Waals surface area contributed by atoms with Gasteiger partial charge >= 0.3 is 12.1 Å². The molecular formula is C27H32N2O5. The van der Waals surface area contributed by atoms with Crippen molar-refractivity contribution < 1.29 is 24.2 Å². The van der Waals surface area contributed by atoms with Crippen LogP contribution in [-0.4, -0.2) is 41.8 Å². The van der Waals surface area contributed by atoms with Crippen LogP contribution in [-0.2, 0) is 14.3 Å². The Hall–Kier alpha value is -3.35. The predicted octanol–water partition coefficient (Wildman–Crippen LogP) is 4.45. The lowest BCUT2D eigenvalue weighted by atomic mass is 9.98. The summed E-state index contributed by atoms with van der Waals surface area (Å²) in [5.41, 5.74) is 4.51. The maximum absolute atomic E-state index is 12.8. The van der Waals surface area contributed by atoms with Crippen molar-refractivity contribution in [1.82, 2.24) is 10.6 Å². The fourth-order valence-electron chi connectivity index (χ4n) is 4.64. The molecule has 0 bridgehead atoms. The maximum Gasteiger partial charge on any atom is 0.407 e. The van der Waals surface area contributed by atoms with Crippen LogP contribution in [0, 0.1) is 5.92 Å². The quantitative estimate of drug-likeness (QED) is 0.456. The molecule has 34 heavy (non-hydrogen) atoms. The van der Waals surface area contributed by atoms with Crippen molar-refractivity contribution in [2.24, 2.45) is 5.92 Å². The van der Waals surface area contributed by atoms with Crippen LogP contribution in [0.2, 0.25) is 0 Å². The second-order valence-corrected chi connectivity index (χ2v) is 9.24. The summed E-state index contributed by atoms with van der Waals surface area (Å²) < 4.78 is 5.58. The van der Waals surface area contributed by atoms with Crippen molar-refractivity contribution >= 4 is 18.0 Å². The molecule has 0 radical (unpaired) electrons. The minimum absolute atomic E-state index is 0.0731.